The number of carbonyl (C=O) groups is 1. The lowest BCUT2D eigenvalue weighted by atomic mass is 10.1. The molecule has 1 atom stereocenters. The van der Waals surface area contributed by atoms with Crippen LogP contribution in [0.1, 0.15) is 28.5 Å². The monoisotopic (exact) mass is 281 g/mol. The van der Waals surface area contributed by atoms with Gasteiger partial charge in [0, 0.05) is 36.7 Å². The van der Waals surface area contributed by atoms with Crippen molar-refractivity contribution in [1.82, 2.24) is 10.3 Å². The molecule has 1 N–H and O–H groups in total. The maximum Gasteiger partial charge on any atom is 0.260 e. The Morgan fingerprint density at radius 2 is 2.10 bits per heavy atom. The number of carbonyl (C=O) groups excluding carboxylic acids is 1. The number of fused-ring (bicyclic) bond motifs is 1. The van der Waals surface area contributed by atoms with E-state index in [2.05, 4.69) is 23.3 Å². The van der Waals surface area contributed by atoms with E-state index in [1.807, 2.05) is 42.2 Å². The van der Waals surface area contributed by atoms with E-state index < -0.39 is 0 Å². The second-order valence-electron chi connectivity index (χ2n) is 5.46. The zero-order chi connectivity index (χ0) is 14.8. The van der Waals surface area contributed by atoms with Crippen LogP contribution in [0, 0.1) is 6.92 Å². The fourth-order valence-corrected chi connectivity index (χ4v) is 2.69. The summed E-state index contributed by atoms with van der Waals surface area (Å²) in [5.74, 6) is 0.0172. The Bertz CT molecular complexity index is 669. The normalized spacial score (nSPS) is 18.0. The first-order valence-electron chi connectivity index (χ1n) is 7.21. The minimum Gasteiger partial charge on any atom is -0.308 e. The summed E-state index contributed by atoms with van der Waals surface area (Å²) < 4.78 is 0. The number of rotatable bonds is 1. The van der Waals surface area contributed by atoms with Gasteiger partial charge in [0.2, 0.25) is 0 Å². The average Bonchev–Trinajstić information content (AvgIpc) is 2.67. The van der Waals surface area contributed by atoms with Crippen LogP contribution in [0.2, 0.25) is 0 Å². The summed E-state index contributed by atoms with van der Waals surface area (Å²) in [6.45, 7) is 5.41. The van der Waals surface area contributed by atoms with Crippen molar-refractivity contribution in [3.8, 4) is 0 Å². The van der Waals surface area contributed by atoms with Crippen LogP contribution in [0.5, 0.6) is 0 Å². The van der Waals surface area contributed by atoms with Crippen molar-refractivity contribution in [2.24, 2.45) is 0 Å². The summed E-state index contributed by atoms with van der Waals surface area (Å²) >= 11 is 0. The second-order valence-corrected chi connectivity index (χ2v) is 5.46. The largest absolute Gasteiger partial charge is 0.308 e. The molecule has 0 bridgehead atoms. The van der Waals surface area contributed by atoms with E-state index >= 15 is 0 Å². The van der Waals surface area contributed by atoms with Gasteiger partial charge in [0.15, 0.2) is 0 Å². The van der Waals surface area contributed by atoms with Gasteiger partial charge in [-0.3, -0.25) is 9.78 Å². The molecule has 0 radical (unpaired) electrons. The van der Waals surface area contributed by atoms with Crippen molar-refractivity contribution < 1.29 is 4.79 Å². The highest BCUT2D eigenvalue weighted by Gasteiger charge is 2.25. The minimum atomic E-state index is 0.0172. The molecule has 21 heavy (non-hydrogen) atoms. The van der Waals surface area contributed by atoms with Crippen LogP contribution in [0.3, 0.4) is 0 Å². The highest BCUT2D eigenvalue weighted by molar-refractivity contribution is 6.07. The molecule has 2 aromatic rings. The molecular formula is C17H19N3O. The molecule has 1 aliphatic rings. The average molecular weight is 281 g/mol. The maximum atomic E-state index is 12.9. The van der Waals surface area contributed by atoms with Gasteiger partial charge in [0.1, 0.15) is 0 Å². The molecule has 4 nitrogen and oxygen atoms in total. The van der Waals surface area contributed by atoms with Crippen LogP contribution in [-0.4, -0.2) is 23.5 Å². The van der Waals surface area contributed by atoms with E-state index in [0.29, 0.717) is 12.1 Å². The zero-order valence-electron chi connectivity index (χ0n) is 12.3. The van der Waals surface area contributed by atoms with E-state index in [1.165, 1.54) is 0 Å². The number of aryl methyl sites for hydroxylation is 1. The van der Waals surface area contributed by atoms with Crippen molar-refractivity contribution in [3.63, 3.8) is 0 Å². The summed E-state index contributed by atoms with van der Waals surface area (Å²) in [5, 5.41) is 3.44. The lowest BCUT2D eigenvalue weighted by Gasteiger charge is -2.25. The summed E-state index contributed by atoms with van der Waals surface area (Å²) in [6, 6.07) is 12.0. The van der Waals surface area contributed by atoms with E-state index in [-0.39, 0.29) is 11.9 Å². The van der Waals surface area contributed by atoms with Gasteiger partial charge >= 0.3 is 0 Å². The molecule has 2 heterocycles. The van der Waals surface area contributed by atoms with Crippen LogP contribution < -0.4 is 10.2 Å². The quantitative estimate of drug-likeness (QED) is 0.873. The SMILES string of the molecule is Cc1ncccc1C(=O)N1CC(C)NCc2ccccc21. The highest BCUT2D eigenvalue weighted by Crippen LogP contribution is 2.25. The summed E-state index contributed by atoms with van der Waals surface area (Å²) in [6.07, 6.45) is 1.71. The molecule has 4 heteroatoms. The predicted molar refractivity (Wildman–Crippen MR) is 83.4 cm³/mol. The number of pyridine rings is 1. The molecular weight excluding hydrogens is 262 g/mol. The molecule has 3 rings (SSSR count). The molecule has 1 amide bonds. The maximum absolute atomic E-state index is 12.9. The first kappa shape index (κ1) is 13.8. The van der Waals surface area contributed by atoms with E-state index in [1.54, 1.807) is 6.20 Å². The van der Waals surface area contributed by atoms with Crippen molar-refractivity contribution in [2.75, 3.05) is 11.4 Å². The van der Waals surface area contributed by atoms with E-state index in [9.17, 15) is 4.79 Å². The third-order valence-electron chi connectivity index (χ3n) is 3.86. The molecule has 0 saturated carbocycles. The third-order valence-corrected chi connectivity index (χ3v) is 3.86. The van der Waals surface area contributed by atoms with Crippen molar-refractivity contribution >= 4 is 11.6 Å². The van der Waals surface area contributed by atoms with Crippen LogP contribution >= 0.6 is 0 Å². The Hall–Kier alpha value is -2.20. The fraction of sp³-hybridized carbons (Fsp3) is 0.294. The Morgan fingerprint density at radius 3 is 2.90 bits per heavy atom. The molecule has 1 aromatic carbocycles. The molecule has 0 spiro atoms. The van der Waals surface area contributed by atoms with Gasteiger partial charge in [0.25, 0.3) is 5.91 Å². The summed E-state index contributed by atoms with van der Waals surface area (Å²) in [4.78, 5) is 19.0. The molecule has 1 aliphatic heterocycles. The molecule has 0 fully saturated rings. The van der Waals surface area contributed by atoms with E-state index in [4.69, 9.17) is 0 Å². The Labute approximate surface area is 124 Å². The highest BCUT2D eigenvalue weighted by atomic mass is 16.2. The zero-order valence-corrected chi connectivity index (χ0v) is 12.3. The number of nitrogens with zero attached hydrogens (tertiary/aromatic N) is 2. The standard InChI is InChI=1S/C17H19N3O/c1-12-11-20(16-8-4-3-6-14(16)10-19-12)17(21)15-7-5-9-18-13(15)2/h3-9,12,19H,10-11H2,1-2H3. The van der Waals surface area contributed by atoms with Crippen LogP contribution in [0.4, 0.5) is 5.69 Å². The second kappa shape index (κ2) is 5.66. The number of para-hydroxylation sites is 1. The fourth-order valence-electron chi connectivity index (χ4n) is 2.69. The van der Waals surface area contributed by atoms with Crippen molar-refractivity contribution in [2.45, 2.75) is 26.4 Å². The van der Waals surface area contributed by atoms with Gasteiger partial charge in [-0.1, -0.05) is 18.2 Å². The van der Waals surface area contributed by atoms with Crippen molar-refractivity contribution in [1.29, 1.82) is 0 Å². The van der Waals surface area contributed by atoms with Crippen LogP contribution in [-0.2, 0) is 6.54 Å². The predicted octanol–water partition coefficient (Wildman–Crippen LogP) is 2.53. The number of aromatic nitrogens is 1. The summed E-state index contributed by atoms with van der Waals surface area (Å²) in [7, 11) is 0. The smallest absolute Gasteiger partial charge is 0.260 e. The molecule has 1 aromatic heterocycles. The first-order valence-corrected chi connectivity index (χ1v) is 7.21. The van der Waals surface area contributed by atoms with Crippen molar-refractivity contribution in [3.05, 3.63) is 59.4 Å². The third kappa shape index (κ3) is 2.67. The number of hydrogen-bond acceptors (Lipinski definition) is 3. The lowest BCUT2D eigenvalue weighted by Crippen LogP contribution is -2.40. The summed E-state index contributed by atoms with van der Waals surface area (Å²) in [5.41, 5.74) is 3.57. The van der Waals surface area contributed by atoms with E-state index in [0.717, 1.165) is 23.5 Å². The van der Waals surface area contributed by atoms with Gasteiger partial charge in [-0.05, 0) is 37.6 Å². The molecule has 108 valence electrons. The molecule has 1 unspecified atom stereocenters. The van der Waals surface area contributed by atoms with Crippen LogP contribution in [0.25, 0.3) is 0 Å². The molecule has 0 saturated heterocycles. The topological polar surface area (TPSA) is 45.2 Å². The molecule has 0 aliphatic carbocycles. The lowest BCUT2D eigenvalue weighted by molar-refractivity contribution is 0.0984. The van der Waals surface area contributed by atoms with Gasteiger partial charge in [-0.25, -0.2) is 0 Å². The van der Waals surface area contributed by atoms with Gasteiger partial charge in [0.05, 0.1) is 5.56 Å². The minimum absolute atomic E-state index is 0.0172. The van der Waals surface area contributed by atoms with Crippen LogP contribution in [0.15, 0.2) is 42.6 Å². The number of nitrogens with one attached hydrogen (secondary N) is 1. The number of amides is 1. The Balaban J connectivity index is 2.04. The number of benzene rings is 1. The Morgan fingerprint density at radius 1 is 1.29 bits per heavy atom. The Kier molecular flexibility index (Phi) is 3.71. The van der Waals surface area contributed by atoms with Gasteiger partial charge < -0.3 is 10.2 Å². The first-order chi connectivity index (χ1) is 10.2. The van der Waals surface area contributed by atoms with Gasteiger partial charge in [-0.15, -0.1) is 0 Å². The number of hydrogen-bond donors (Lipinski definition) is 1. The number of anilines is 1. The van der Waals surface area contributed by atoms with Gasteiger partial charge in [-0.2, -0.15) is 0 Å².